The number of carbonyl (C=O) groups excluding carboxylic acids is 1. The van der Waals surface area contributed by atoms with Gasteiger partial charge in [0.2, 0.25) is 5.91 Å². The van der Waals surface area contributed by atoms with Crippen LogP contribution in [0, 0.1) is 5.41 Å². The second kappa shape index (κ2) is 6.58. The highest BCUT2D eigenvalue weighted by Gasteiger charge is 2.38. The molecule has 1 aliphatic heterocycles. The molecule has 1 amide bonds. The van der Waals surface area contributed by atoms with E-state index in [9.17, 15) is 9.59 Å². The molecule has 1 unspecified atom stereocenters. The van der Waals surface area contributed by atoms with Crippen molar-refractivity contribution in [1.29, 1.82) is 0 Å². The summed E-state index contributed by atoms with van der Waals surface area (Å²) in [5.74, 6) is -1.07. The SMILES string of the molecule is CCC1(C(=O)Nc2cc(C(=O)O)ccc2Br)CCCNC1. The Balaban J connectivity index is 2.22. The molecule has 1 aromatic rings. The van der Waals surface area contributed by atoms with Gasteiger partial charge in [0.15, 0.2) is 0 Å². The zero-order chi connectivity index (χ0) is 15.5. The summed E-state index contributed by atoms with van der Waals surface area (Å²) in [6, 6.07) is 4.61. The number of carboxylic acids is 1. The quantitative estimate of drug-likeness (QED) is 0.776. The lowest BCUT2D eigenvalue weighted by Gasteiger charge is -2.35. The van der Waals surface area contributed by atoms with Crippen molar-refractivity contribution in [1.82, 2.24) is 5.32 Å². The smallest absolute Gasteiger partial charge is 0.335 e. The fourth-order valence-electron chi connectivity index (χ4n) is 2.63. The Kier molecular flexibility index (Phi) is 5.00. The summed E-state index contributed by atoms with van der Waals surface area (Å²) < 4.78 is 0.677. The molecule has 0 bridgehead atoms. The lowest BCUT2D eigenvalue weighted by Crippen LogP contribution is -2.47. The minimum Gasteiger partial charge on any atom is -0.478 e. The van der Waals surface area contributed by atoms with E-state index in [1.165, 1.54) is 12.1 Å². The van der Waals surface area contributed by atoms with Crippen molar-refractivity contribution in [2.45, 2.75) is 26.2 Å². The summed E-state index contributed by atoms with van der Waals surface area (Å²) in [7, 11) is 0. The van der Waals surface area contributed by atoms with Gasteiger partial charge in [-0.05, 0) is 59.9 Å². The van der Waals surface area contributed by atoms with Crippen LogP contribution in [0.25, 0.3) is 0 Å². The third-order valence-electron chi connectivity index (χ3n) is 4.09. The summed E-state index contributed by atoms with van der Waals surface area (Å²) >= 11 is 3.35. The molecule has 0 radical (unpaired) electrons. The predicted octanol–water partition coefficient (Wildman–Crippen LogP) is 2.87. The van der Waals surface area contributed by atoms with Crippen LogP contribution in [0.3, 0.4) is 0 Å². The van der Waals surface area contributed by atoms with E-state index in [1.807, 2.05) is 6.92 Å². The summed E-state index contributed by atoms with van der Waals surface area (Å²) in [4.78, 5) is 23.7. The van der Waals surface area contributed by atoms with Crippen LogP contribution in [0.4, 0.5) is 5.69 Å². The van der Waals surface area contributed by atoms with Gasteiger partial charge in [-0.1, -0.05) is 6.92 Å². The summed E-state index contributed by atoms with van der Waals surface area (Å²) in [6.45, 7) is 3.61. The van der Waals surface area contributed by atoms with Gasteiger partial charge in [-0.15, -0.1) is 0 Å². The maximum atomic E-state index is 12.6. The number of piperidine rings is 1. The average molecular weight is 355 g/mol. The molecular weight excluding hydrogens is 336 g/mol. The third kappa shape index (κ3) is 3.44. The molecule has 114 valence electrons. The highest BCUT2D eigenvalue weighted by atomic mass is 79.9. The molecule has 3 N–H and O–H groups in total. The van der Waals surface area contributed by atoms with Crippen molar-refractivity contribution in [3.63, 3.8) is 0 Å². The van der Waals surface area contributed by atoms with E-state index in [2.05, 4.69) is 26.6 Å². The molecule has 1 saturated heterocycles. The van der Waals surface area contributed by atoms with Gasteiger partial charge in [-0.2, -0.15) is 0 Å². The fourth-order valence-corrected chi connectivity index (χ4v) is 2.98. The number of aromatic carboxylic acids is 1. The lowest BCUT2D eigenvalue weighted by atomic mass is 9.77. The Hall–Kier alpha value is -1.40. The molecule has 1 aliphatic rings. The molecule has 21 heavy (non-hydrogen) atoms. The molecule has 0 saturated carbocycles. The van der Waals surface area contributed by atoms with Crippen LogP contribution in [0.5, 0.6) is 0 Å². The number of benzene rings is 1. The van der Waals surface area contributed by atoms with Crippen molar-refractivity contribution in [3.8, 4) is 0 Å². The van der Waals surface area contributed by atoms with E-state index in [1.54, 1.807) is 6.07 Å². The fraction of sp³-hybridized carbons (Fsp3) is 0.467. The molecule has 2 rings (SSSR count). The Morgan fingerprint density at radius 2 is 2.24 bits per heavy atom. The van der Waals surface area contributed by atoms with Crippen LogP contribution in [0.1, 0.15) is 36.5 Å². The molecule has 1 heterocycles. The van der Waals surface area contributed by atoms with Gasteiger partial charge in [0.25, 0.3) is 0 Å². The number of hydrogen-bond donors (Lipinski definition) is 3. The summed E-state index contributed by atoms with van der Waals surface area (Å²) in [6.07, 6.45) is 2.57. The normalized spacial score (nSPS) is 21.8. The first-order chi connectivity index (χ1) is 9.98. The molecular formula is C15H19BrN2O3. The molecule has 0 aromatic heterocycles. The molecule has 6 heteroatoms. The highest BCUT2D eigenvalue weighted by molar-refractivity contribution is 9.10. The van der Waals surface area contributed by atoms with Crippen molar-refractivity contribution in [3.05, 3.63) is 28.2 Å². The van der Waals surface area contributed by atoms with Crippen molar-refractivity contribution < 1.29 is 14.7 Å². The van der Waals surface area contributed by atoms with Crippen LogP contribution in [0.2, 0.25) is 0 Å². The number of nitrogens with one attached hydrogen (secondary N) is 2. The second-order valence-corrected chi connectivity index (χ2v) is 6.22. The molecule has 1 aromatic carbocycles. The Bertz CT molecular complexity index is 554. The van der Waals surface area contributed by atoms with E-state index in [4.69, 9.17) is 5.11 Å². The Morgan fingerprint density at radius 1 is 1.48 bits per heavy atom. The number of hydrogen-bond acceptors (Lipinski definition) is 3. The van der Waals surface area contributed by atoms with Crippen LogP contribution in [-0.4, -0.2) is 30.1 Å². The average Bonchev–Trinajstić information content (AvgIpc) is 2.49. The van der Waals surface area contributed by atoms with Gasteiger partial charge in [-0.3, -0.25) is 4.79 Å². The van der Waals surface area contributed by atoms with E-state index in [-0.39, 0.29) is 11.5 Å². The van der Waals surface area contributed by atoms with Gasteiger partial charge in [0.1, 0.15) is 0 Å². The Labute approximate surface area is 132 Å². The van der Waals surface area contributed by atoms with Gasteiger partial charge >= 0.3 is 5.97 Å². The second-order valence-electron chi connectivity index (χ2n) is 5.37. The Morgan fingerprint density at radius 3 is 2.81 bits per heavy atom. The standard InChI is InChI=1S/C15H19BrN2O3/c1-2-15(6-3-7-17-9-15)14(21)18-12-8-10(13(19)20)4-5-11(12)16/h4-5,8,17H,2-3,6-7,9H2,1H3,(H,18,21)(H,19,20). The van der Waals surface area contributed by atoms with Gasteiger partial charge in [-0.25, -0.2) is 4.79 Å². The van der Waals surface area contributed by atoms with Crippen LogP contribution >= 0.6 is 15.9 Å². The first kappa shape index (κ1) is 16.0. The monoisotopic (exact) mass is 354 g/mol. The lowest BCUT2D eigenvalue weighted by molar-refractivity contribution is -0.126. The van der Waals surface area contributed by atoms with Gasteiger partial charge in [0.05, 0.1) is 16.7 Å². The van der Waals surface area contributed by atoms with Crippen LogP contribution < -0.4 is 10.6 Å². The summed E-state index contributed by atoms with van der Waals surface area (Å²) in [5.41, 5.74) is 0.232. The number of halogens is 1. The largest absolute Gasteiger partial charge is 0.478 e. The minimum absolute atomic E-state index is 0.0551. The van der Waals surface area contributed by atoms with E-state index in [0.29, 0.717) is 16.7 Å². The van der Waals surface area contributed by atoms with Crippen molar-refractivity contribution in [2.24, 2.45) is 5.41 Å². The predicted molar refractivity (Wildman–Crippen MR) is 84.6 cm³/mol. The van der Waals surface area contributed by atoms with E-state index >= 15 is 0 Å². The maximum absolute atomic E-state index is 12.6. The maximum Gasteiger partial charge on any atom is 0.335 e. The van der Waals surface area contributed by atoms with E-state index < -0.39 is 11.4 Å². The third-order valence-corrected chi connectivity index (χ3v) is 4.78. The zero-order valence-corrected chi connectivity index (χ0v) is 13.5. The zero-order valence-electron chi connectivity index (χ0n) is 11.9. The van der Waals surface area contributed by atoms with Crippen molar-refractivity contribution >= 4 is 33.5 Å². The number of carbonyl (C=O) groups is 2. The molecule has 5 nitrogen and oxygen atoms in total. The van der Waals surface area contributed by atoms with Crippen molar-refractivity contribution in [2.75, 3.05) is 18.4 Å². The van der Waals surface area contributed by atoms with E-state index in [0.717, 1.165) is 25.8 Å². The van der Waals surface area contributed by atoms with Crippen LogP contribution in [-0.2, 0) is 4.79 Å². The molecule has 0 aliphatic carbocycles. The summed E-state index contributed by atoms with van der Waals surface area (Å²) in [5, 5.41) is 15.2. The topological polar surface area (TPSA) is 78.4 Å². The number of amides is 1. The number of anilines is 1. The highest BCUT2D eigenvalue weighted by Crippen LogP contribution is 2.33. The first-order valence-corrected chi connectivity index (χ1v) is 7.83. The molecule has 1 fully saturated rings. The van der Waals surface area contributed by atoms with Gasteiger partial charge in [0, 0.05) is 11.0 Å². The van der Waals surface area contributed by atoms with Gasteiger partial charge < -0.3 is 15.7 Å². The molecule has 1 atom stereocenters. The van der Waals surface area contributed by atoms with Crippen LogP contribution in [0.15, 0.2) is 22.7 Å². The molecule has 0 spiro atoms. The first-order valence-electron chi connectivity index (χ1n) is 7.03. The minimum atomic E-state index is -1.01. The number of rotatable bonds is 4. The number of carboxylic acid groups (broad SMARTS) is 1.